The SMILES string of the molecule is Cl.O=C(O)CC1(O)CCN(c2ccc(N3CCC(=O)NC3=O)cc2F)CC1. The number of hydrogen-bond donors (Lipinski definition) is 3. The Labute approximate surface area is 161 Å². The average molecular weight is 402 g/mol. The highest BCUT2D eigenvalue weighted by molar-refractivity contribution is 6.05. The highest BCUT2D eigenvalue weighted by atomic mass is 35.5. The van der Waals surface area contributed by atoms with E-state index >= 15 is 0 Å². The van der Waals surface area contributed by atoms with E-state index in [4.69, 9.17) is 5.11 Å². The van der Waals surface area contributed by atoms with Crippen molar-refractivity contribution in [2.75, 3.05) is 29.4 Å². The number of nitrogens with one attached hydrogen (secondary N) is 1. The number of amides is 3. The van der Waals surface area contributed by atoms with Crippen LogP contribution in [0.25, 0.3) is 0 Å². The molecule has 10 heteroatoms. The number of imide groups is 1. The fourth-order valence-corrected chi connectivity index (χ4v) is 3.35. The van der Waals surface area contributed by atoms with Crippen molar-refractivity contribution in [2.45, 2.75) is 31.3 Å². The number of carboxylic acid groups (broad SMARTS) is 1. The molecule has 148 valence electrons. The summed E-state index contributed by atoms with van der Waals surface area (Å²) >= 11 is 0. The molecule has 0 aromatic heterocycles. The van der Waals surface area contributed by atoms with Gasteiger partial charge in [0.1, 0.15) is 5.82 Å². The van der Waals surface area contributed by atoms with E-state index in [1.54, 1.807) is 17.0 Å². The van der Waals surface area contributed by atoms with Crippen molar-refractivity contribution in [1.82, 2.24) is 5.32 Å². The molecule has 0 saturated carbocycles. The van der Waals surface area contributed by atoms with Crippen molar-refractivity contribution >= 4 is 41.7 Å². The third-order valence-electron chi connectivity index (χ3n) is 4.81. The second-order valence-electron chi connectivity index (χ2n) is 6.67. The molecule has 0 bridgehead atoms. The maximum atomic E-state index is 14.6. The smallest absolute Gasteiger partial charge is 0.328 e. The molecule has 0 spiro atoms. The van der Waals surface area contributed by atoms with Crippen LogP contribution < -0.4 is 15.1 Å². The minimum absolute atomic E-state index is 0. The fourth-order valence-electron chi connectivity index (χ4n) is 3.35. The zero-order valence-electron chi connectivity index (χ0n) is 14.5. The Morgan fingerprint density at radius 3 is 2.44 bits per heavy atom. The highest BCUT2D eigenvalue weighted by Gasteiger charge is 2.35. The molecule has 3 N–H and O–H groups in total. The van der Waals surface area contributed by atoms with Gasteiger partial charge >= 0.3 is 12.0 Å². The lowest BCUT2D eigenvalue weighted by molar-refractivity contribution is -0.143. The molecule has 0 unspecified atom stereocenters. The number of carbonyl (C=O) groups is 3. The molecule has 3 rings (SSSR count). The quantitative estimate of drug-likeness (QED) is 0.705. The van der Waals surface area contributed by atoms with Gasteiger partial charge in [-0.3, -0.25) is 19.8 Å². The number of benzene rings is 1. The summed E-state index contributed by atoms with van der Waals surface area (Å²) in [6, 6.07) is 3.81. The van der Waals surface area contributed by atoms with Gasteiger partial charge in [0.15, 0.2) is 0 Å². The van der Waals surface area contributed by atoms with Crippen LogP contribution in [0.5, 0.6) is 0 Å². The second-order valence-corrected chi connectivity index (χ2v) is 6.67. The van der Waals surface area contributed by atoms with Crippen LogP contribution in [0.1, 0.15) is 25.7 Å². The first-order valence-electron chi connectivity index (χ1n) is 8.37. The molecule has 0 aliphatic carbocycles. The Morgan fingerprint density at radius 1 is 1.22 bits per heavy atom. The lowest BCUT2D eigenvalue weighted by Crippen LogP contribution is -2.49. The third-order valence-corrected chi connectivity index (χ3v) is 4.81. The minimum Gasteiger partial charge on any atom is -0.481 e. The van der Waals surface area contributed by atoms with Crippen molar-refractivity contribution in [3.63, 3.8) is 0 Å². The van der Waals surface area contributed by atoms with Crippen LogP contribution in [-0.4, -0.2) is 53.4 Å². The normalized spacial score (nSPS) is 19.3. The largest absolute Gasteiger partial charge is 0.481 e. The summed E-state index contributed by atoms with van der Waals surface area (Å²) in [5, 5.41) is 21.3. The second kappa shape index (κ2) is 8.10. The van der Waals surface area contributed by atoms with Gasteiger partial charge in [0.2, 0.25) is 5.91 Å². The molecule has 3 amide bonds. The van der Waals surface area contributed by atoms with Crippen LogP contribution in [0.2, 0.25) is 0 Å². The molecule has 2 fully saturated rings. The Kier molecular flexibility index (Phi) is 6.27. The maximum Gasteiger partial charge on any atom is 0.328 e. The number of rotatable bonds is 4. The molecule has 2 heterocycles. The number of aliphatic carboxylic acids is 1. The van der Waals surface area contributed by atoms with E-state index in [0.29, 0.717) is 24.5 Å². The Balaban J connectivity index is 0.00000261. The predicted octanol–water partition coefficient (Wildman–Crippen LogP) is 1.50. The molecule has 1 aromatic rings. The van der Waals surface area contributed by atoms with Crippen LogP contribution in [-0.2, 0) is 9.59 Å². The lowest BCUT2D eigenvalue weighted by Gasteiger charge is -2.38. The number of nitrogens with zero attached hydrogens (tertiary/aromatic N) is 2. The Bertz CT molecular complexity index is 752. The van der Waals surface area contributed by atoms with E-state index < -0.39 is 23.4 Å². The van der Waals surface area contributed by atoms with Crippen molar-refractivity contribution in [1.29, 1.82) is 0 Å². The number of carbonyl (C=O) groups excluding carboxylic acids is 2. The summed E-state index contributed by atoms with van der Waals surface area (Å²) in [6.45, 7) is 0.854. The summed E-state index contributed by atoms with van der Waals surface area (Å²) in [5.74, 6) is -1.93. The van der Waals surface area contributed by atoms with Gasteiger partial charge in [0.05, 0.1) is 17.7 Å². The van der Waals surface area contributed by atoms with Crippen molar-refractivity contribution in [3.05, 3.63) is 24.0 Å². The van der Waals surface area contributed by atoms with Gasteiger partial charge in [-0.1, -0.05) is 0 Å². The maximum absolute atomic E-state index is 14.6. The highest BCUT2D eigenvalue weighted by Crippen LogP contribution is 2.32. The van der Waals surface area contributed by atoms with Gasteiger partial charge in [0.25, 0.3) is 0 Å². The number of halogens is 2. The molecule has 2 aliphatic heterocycles. The molecule has 0 atom stereocenters. The van der Waals surface area contributed by atoms with Gasteiger partial charge < -0.3 is 15.1 Å². The summed E-state index contributed by atoms with van der Waals surface area (Å²) in [5.41, 5.74) is -0.577. The topological polar surface area (TPSA) is 110 Å². The van der Waals surface area contributed by atoms with Gasteiger partial charge in [0, 0.05) is 31.7 Å². The van der Waals surface area contributed by atoms with Crippen molar-refractivity contribution in [2.24, 2.45) is 0 Å². The molecular weight excluding hydrogens is 381 g/mol. The van der Waals surface area contributed by atoms with E-state index in [0.717, 1.165) is 0 Å². The molecular formula is C17H21ClFN3O5. The summed E-state index contributed by atoms with van der Waals surface area (Å²) < 4.78 is 14.6. The van der Waals surface area contributed by atoms with Crippen LogP contribution in [0.3, 0.4) is 0 Å². The first kappa shape index (κ1) is 20.9. The number of aliphatic hydroxyl groups is 1. The first-order chi connectivity index (χ1) is 12.3. The van der Waals surface area contributed by atoms with E-state index in [1.165, 1.54) is 11.0 Å². The van der Waals surface area contributed by atoms with Gasteiger partial charge in [-0.05, 0) is 31.0 Å². The molecule has 8 nitrogen and oxygen atoms in total. The molecule has 2 saturated heterocycles. The average Bonchev–Trinajstić information content (AvgIpc) is 2.55. The zero-order chi connectivity index (χ0) is 18.9. The number of urea groups is 1. The molecule has 1 aromatic carbocycles. The van der Waals surface area contributed by atoms with Crippen LogP contribution >= 0.6 is 12.4 Å². The number of hydrogen-bond acceptors (Lipinski definition) is 5. The standard InChI is InChI=1S/C17H20FN3O5.ClH/c18-12-9-11(21-6-3-14(22)19-16(21)25)1-2-13(12)20-7-4-17(26,5-8-20)10-15(23)24;/h1-2,9,26H,3-8,10H2,(H,23,24)(H,19,22,25);1H. The van der Waals surface area contributed by atoms with Crippen LogP contribution in [0, 0.1) is 5.82 Å². The monoisotopic (exact) mass is 401 g/mol. The van der Waals surface area contributed by atoms with E-state index in [9.17, 15) is 23.9 Å². The van der Waals surface area contributed by atoms with Crippen molar-refractivity contribution in [3.8, 4) is 0 Å². The van der Waals surface area contributed by atoms with Gasteiger partial charge in [-0.2, -0.15) is 0 Å². The first-order valence-corrected chi connectivity index (χ1v) is 8.37. The number of anilines is 2. The number of carboxylic acids is 1. The van der Waals surface area contributed by atoms with Crippen LogP contribution in [0.4, 0.5) is 20.6 Å². The summed E-state index contributed by atoms with van der Waals surface area (Å²) in [6.07, 6.45) is 0.294. The van der Waals surface area contributed by atoms with Gasteiger partial charge in [-0.25, -0.2) is 9.18 Å². The number of piperidine rings is 1. The zero-order valence-corrected chi connectivity index (χ0v) is 15.3. The lowest BCUT2D eigenvalue weighted by atomic mass is 9.88. The van der Waals surface area contributed by atoms with Gasteiger partial charge in [-0.15, -0.1) is 12.4 Å². The Hall–Kier alpha value is -2.39. The molecule has 27 heavy (non-hydrogen) atoms. The predicted molar refractivity (Wildman–Crippen MR) is 97.8 cm³/mol. The minimum atomic E-state index is -1.27. The van der Waals surface area contributed by atoms with E-state index in [-0.39, 0.29) is 50.5 Å². The molecule has 2 aliphatic rings. The van der Waals surface area contributed by atoms with Crippen molar-refractivity contribution < 1.29 is 29.0 Å². The van der Waals surface area contributed by atoms with E-state index in [1.807, 2.05) is 0 Å². The van der Waals surface area contributed by atoms with Crippen LogP contribution in [0.15, 0.2) is 18.2 Å². The molecule has 0 radical (unpaired) electrons. The third kappa shape index (κ3) is 4.67. The Morgan fingerprint density at radius 2 is 1.89 bits per heavy atom. The summed E-state index contributed by atoms with van der Waals surface area (Å²) in [4.78, 5) is 36.9. The summed E-state index contributed by atoms with van der Waals surface area (Å²) in [7, 11) is 0. The fraction of sp³-hybridized carbons (Fsp3) is 0.471. The van der Waals surface area contributed by atoms with E-state index in [2.05, 4.69) is 5.32 Å².